The molecular weight excluding hydrogens is 468 g/mol. The van der Waals surface area contributed by atoms with E-state index in [0.29, 0.717) is 0 Å². The highest BCUT2D eigenvalue weighted by atomic mass is 16.6. The molecule has 1 rings (SSSR count). The van der Waals surface area contributed by atoms with Crippen molar-refractivity contribution in [2.24, 2.45) is 0 Å². The maximum Gasteiger partial charge on any atom is 0.408 e. The molecule has 14 nitrogen and oxygen atoms in total. The van der Waals surface area contributed by atoms with Gasteiger partial charge < -0.3 is 30.9 Å². The highest BCUT2D eigenvalue weighted by Crippen LogP contribution is 2.09. The number of amides is 5. The Bertz CT molecular complexity index is 875. The summed E-state index contributed by atoms with van der Waals surface area (Å²) in [6, 6.07) is -2.90. The number of nitrogens with one attached hydrogen (secondary N) is 3. The third-order valence-electron chi connectivity index (χ3n) is 4.49. The van der Waals surface area contributed by atoms with Crippen LogP contribution in [0.3, 0.4) is 0 Å². The summed E-state index contributed by atoms with van der Waals surface area (Å²) < 4.78 is 5.10. The fourth-order valence-corrected chi connectivity index (χ4v) is 2.84. The minimum Gasteiger partial charge on any atom is -0.481 e. The van der Waals surface area contributed by atoms with Crippen LogP contribution in [0.5, 0.6) is 0 Å². The van der Waals surface area contributed by atoms with Gasteiger partial charge in [0.05, 0.1) is 0 Å². The van der Waals surface area contributed by atoms with Gasteiger partial charge in [-0.2, -0.15) is 0 Å². The van der Waals surface area contributed by atoms with Crippen molar-refractivity contribution >= 4 is 41.7 Å². The molecule has 0 aromatic heterocycles. The van der Waals surface area contributed by atoms with E-state index in [-0.39, 0.29) is 25.9 Å². The van der Waals surface area contributed by atoms with E-state index in [0.717, 1.165) is 17.1 Å². The van der Waals surface area contributed by atoms with Crippen molar-refractivity contribution < 1.29 is 48.5 Å². The van der Waals surface area contributed by atoms with Crippen LogP contribution in [0.15, 0.2) is 12.2 Å². The van der Waals surface area contributed by atoms with Crippen LogP contribution in [-0.4, -0.2) is 87.5 Å². The van der Waals surface area contributed by atoms with Crippen LogP contribution < -0.4 is 16.0 Å². The van der Waals surface area contributed by atoms with E-state index < -0.39 is 72.2 Å². The molecule has 0 aromatic carbocycles. The number of carbonyl (C=O) groups is 7. The number of rotatable bonds is 13. The smallest absolute Gasteiger partial charge is 0.408 e. The first-order valence-corrected chi connectivity index (χ1v) is 10.7. The molecule has 2 atom stereocenters. The van der Waals surface area contributed by atoms with E-state index in [9.17, 15) is 38.7 Å². The number of imide groups is 1. The summed E-state index contributed by atoms with van der Waals surface area (Å²) >= 11 is 0. The lowest BCUT2D eigenvalue weighted by Gasteiger charge is -2.24. The monoisotopic (exact) mass is 498 g/mol. The minimum atomic E-state index is -1.53. The Morgan fingerprint density at radius 2 is 1.51 bits per heavy atom. The van der Waals surface area contributed by atoms with Crippen molar-refractivity contribution in [1.82, 2.24) is 20.9 Å². The average Bonchev–Trinajstić information content (AvgIpc) is 3.04. The molecule has 0 bridgehead atoms. The van der Waals surface area contributed by atoms with Gasteiger partial charge >= 0.3 is 18.0 Å². The maximum absolute atomic E-state index is 12.7. The van der Waals surface area contributed by atoms with Gasteiger partial charge in [-0.25, -0.2) is 9.59 Å². The third kappa shape index (κ3) is 11.1. The van der Waals surface area contributed by atoms with E-state index in [1.807, 2.05) is 0 Å². The van der Waals surface area contributed by atoms with Gasteiger partial charge in [0, 0.05) is 38.1 Å². The highest BCUT2D eigenvalue weighted by molar-refractivity contribution is 6.12. The first kappa shape index (κ1) is 29.1. The standard InChI is InChI=1S/C21H30N4O10/c1-21(2,3)35-20(34)24-12(18(31)23-13(19(32)33)5-9-17(29)30)4-6-14(26)22-10-11-25-15(27)7-8-16(25)28/h7-8,12-13H,4-6,9-11H2,1-3H3,(H,22,26)(H,23,31)(H,24,34)(H,29,30)(H,32,33). The number of nitrogens with zero attached hydrogens (tertiary/aromatic N) is 1. The largest absolute Gasteiger partial charge is 0.481 e. The predicted octanol–water partition coefficient (Wildman–Crippen LogP) is -0.865. The summed E-state index contributed by atoms with van der Waals surface area (Å²) in [6.45, 7) is 4.68. The lowest BCUT2D eigenvalue weighted by atomic mass is 10.1. The van der Waals surface area contributed by atoms with Gasteiger partial charge in [-0.1, -0.05) is 0 Å². The Hall–Kier alpha value is -3.97. The molecule has 0 radical (unpaired) electrons. The lowest BCUT2D eigenvalue weighted by Crippen LogP contribution is -2.52. The number of hydrogen-bond donors (Lipinski definition) is 5. The predicted molar refractivity (Wildman–Crippen MR) is 118 cm³/mol. The van der Waals surface area contributed by atoms with E-state index in [2.05, 4.69) is 16.0 Å². The molecule has 0 fully saturated rings. The Balaban J connectivity index is 2.73. The van der Waals surface area contributed by atoms with Crippen molar-refractivity contribution in [3.8, 4) is 0 Å². The number of ether oxygens (including phenoxy) is 1. The van der Waals surface area contributed by atoms with Gasteiger partial charge in [0.1, 0.15) is 17.7 Å². The number of carboxylic acid groups (broad SMARTS) is 2. The zero-order valence-electron chi connectivity index (χ0n) is 19.7. The lowest BCUT2D eigenvalue weighted by molar-refractivity contribution is -0.143. The van der Waals surface area contributed by atoms with Crippen molar-refractivity contribution in [1.29, 1.82) is 0 Å². The van der Waals surface area contributed by atoms with Crippen LogP contribution in [0.25, 0.3) is 0 Å². The molecule has 194 valence electrons. The summed E-state index contributed by atoms with van der Waals surface area (Å²) in [4.78, 5) is 83.1. The van der Waals surface area contributed by atoms with E-state index in [4.69, 9.17) is 9.84 Å². The first-order valence-electron chi connectivity index (χ1n) is 10.7. The molecule has 2 unspecified atom stereocenters. The van der Waals surface area contributed by atoms with Gasteiger partial charge in [-0.05, 0) is 33.6 Å². The van der Waals surface area contributed by atoms with Crippen LogP contribution in [0.4, 0.5) is 4.79 Å². The zero-order chi connectivity index (χ0) is 26.8. The van der Waals surface area contributed by atoms with Gasteiger partial charge in [0.25, 0.3) is 11.8 Å². The Morgan fingerprint density at radius 1 is 0.943 bits per heavy atom. The van der Waals surface area contributed by atoms with E-state index >= 15 is 0 Å². The van der Waals surface area contributed by atoms with E-state index in [1.165, 1.54) is 0 Å². The fourth-order valence-electron chi connectivity index (χ4n) is 2.84. The molecular formula is C21H30N4O10. The van der Waals surface area contributed by atoms with Gasteiger partial charge in [0.2, 0.25) is 11.8 Å². The second kappa shape index (κ2) is 13.1. The molecule has 1 aliphatic heterocycles. The molecule has 5 N–H and O–H groups in total. The maximum atomic E-state index is 12.7. The third-order valence-corrected chi connectivity index (χ3v) is 4.49. The Morgan fingerprint density at radius 3 is 2.03 bits per heavy atom. The van der Waals surface area contributed by atoms with Crippen LogP contribution in [0.1, 0.15) is 46.5 Å². The molecule has 14 heteroatoms. The summed E-state index contributed by atoms with van der Waals surface area (Å²) in [7, 11) is 0. The van der Waals surface area contributed by atoms with Crippen molar-refractivity contribution in [2.45, 2.75) is 64.1 Å². The number of carboxylic acids is 2. The van der Waals surface area contributed by atoms with Gasteiger partial charge in [-0.15, -0.1) is 0 Å². The van der Waals surface area contributed by atoms with Gasteiger partial charge in [-0.3, -0.25) is 28.9 Å². The normalized spacial score (nSPS) is 14.8. The Kier molecular flexibility index (Phi) is 10.8. The van der Waals surface area contributed by atoms with Crippen molar-refractivity contribution in [3.63, 3.8) is 0 Å². The number of hydrogen-bond acceptors (Lipinski definition) is 8. The second-order valence-corrected chi connectivity index (χ2v) is 8.58. The number of carbonyl (C=O) groups excluding carboxylic acids is 5. The highest BCUT2D eigenvalue weighted by Gasteiger charge is 2.29. The average molecular weight is 498 g/mol. The molecule has 0 spiro atoms. The van der Waals surface area contributed by atoms with Crippen LogP contribution in [0, 0.1) is 0 Å². The summed E-state index contributed by atoms with van der Waals surface area (Å²) in [6.07, 6.45) is -0.187. The van der Waals surface area contributed by atoms with Crippen molar-refractivity contribution in [3.05, 3.63) is 12.2 Å². The molecule has 1 aliphatic rings. The quantitative estimate of drug-likeness (QED) is 0.198. The topological polar surface area (TPSA) is 209 Å². The number of aliphatic carboxylic acids is 2. The summed E-state index contributed by atoms with van der Waals surface area (Å²) in [5.41, 5.74) is -0.896. The molecule has 0 saturated carbocycles. The van der Waals surface area contributed by atoms with Crippen LogP contribution in [0.2, 0.25) is 0 Å². The Labute approximate surface area is 201 Å². The molecule has 0 aromatic rings. The van der Waals surface area contributed by atoms with Crippen LogP contribution in [-0.2, 0) is 33.5 Å². The SMILES string of the molecule is CC(C)(C)OC(=O)NC(CCC(=O)NCCN1C(=O)C=CC1=O)C(=O)NC(CCC(=O)O)C(=O)O. The molecule has 0 saturated heterocycles. The summed E-state index contributed by atoms with van der Waals surface area (Å²) in [5, 5.41) is 24.9. The zero-order valence-corrected chi connectivity index (χ0v) is 19.7. The van der Waals surface area contributed by atoms with Gasteiger partial charge in [0.15, 0.2) is 0 Å². The first-order chi connectivity index (χ1) is 16.2. The summed E-state index contributed by atoms with van der Waals surface area (Å²) in [5.74, 6) is -5.22. The fraction of sp³-hybridized carbons (Fsp3) is 0.571. The van der Waals surface area contributed by atoms with Crippen molar-refractivity contribution in [2.75, 3.05) is 13.1 Å². The molecule has 0 aliphatic carbocycles. The van der Waals surface area contributed by atoms with E-state index in [1.54, 1.807) is 20.8 Å². The minimum absolute atomic E-state index is 0.0371. The van der Waals surface area contributed by atoms with Crippen LogP contribution >= 0.6 is 0 Å². The molecule has 35 heavy (non-hydrogen) atoms. The molecule has 5 amide bonds. The molecule has 1 heterocycles. The number of alkyl carbamates (subject to hydrolysis) is 1. The second-order valence-electron chi connectivity index (χ2n) is 8.58.